The molecule has 0 radical (unpaired) electrons. The first-order valence-electron chi connectivity index (χ1n) is 7.34. The summed E-state index contributed by atoms with van der Waals surface area (Å²) in [5, 5.41) is 16.6. The van der Waals surface area contributed by atoms with Crippen LogP contribution in [0.2, 0.25) is 0 Å². The lowest BCUT2D eigenvalue weighted by Crippen LogP contribution is -2.43. The van der Waals surface area contributed by atoms with Crippen molar-refractivity contribution >= 4 is 6.03 Å². The van der Waals surface area contributed by atoms with Crippen LogP contribution in [0.5, 0.6) is 11.5 Å². The Hall–Kier alpha value is -2.70. The van der Waals surface area contributed by atoms with Crippen LogP contribution < -0.4 is 10.1 Å². The highest BCUT2D eigenvalue weighted by Crippen LogP contribution is 2.26. The molecule has 0 spiro atoms. The van der Waals surface area contributed by atoms with Crippen molar-refractivity contribution in [1.82, 2.24) is 20.0 Å². The van der Waals surface area contributed by atoms with E-state index >= 15 is 0 Å². The highest BCUT2D eigenvalue weighted by molar-refractivity contribution is 5.74. The number of carbonyl (C=O) groups excluding carboxylic acids is 1. The summed E-state index contributed by atoms with van der Waals surface area (Å²) in [6, 6.07) is 6.66. The second-order valence-corrected chi connectivity index (χ2v) is 5.44. The molecule has 0 saturated heterocycles. The molecule has 0 aliphatic heterocycles. The first-order chi connectivity index (χ1) is 11.0. The SMILES string of the molecule is COc1cc(CN(C)C(=O)NC(C)Cn2cccn2)ccc1O. The van der Waals surface area contributed by atoms with Gasteiger partial charge in [0, 0.05) is 32.0 Å². The zero-order valence-electron chi connectivity index (χ0n) is 13.6. The van der Waals surface area contributed by atoms with E-state index in [9.17, 15) is 9.90 Å². The van der Waals surface area contributed by atoms with Gasteiger partial charge in [-0.3, -0.25) is 4.68 Å². The van der Waals surface area contributed by atoms with Gasteiger partial charge < -0.3 is 20.1 Å². The van der Waals surface area contributed by atoms with Crippen molar-refractivity contribution in [2.45, 2.75) is 26.1 Å². The van der Waals surface area contributed by atoms with Crippen molar-refractivity contribution in [2.24, 2.45) is 0 Å². The Morgan fingerprint density at radius 1 is 1.52 bits per heavy atom. The second kappa shape index (κ2) is 7.53. The molecule has 0 bridgehead atoms. The molecule has 1 atom stereocenters. The number of benzene rings is 1. The summed E-state index contributed by atoms with van der Waals surface area (Å²) in [6.45, 7) is 2.95. The molecule has 1 unspecified atom stereocenters. The summed E-state index contributed by atoms with van der Waals surface area (Å²) in [7, 11) is 3.21. The fourth-order valence-corrected chi connectivity index (χ4v) is 2.22. The van der Waals surface area contributed by atoms with E-state index in [0.29, 0.717) is 18.8 Å². The molecule has 1 aromatic carbocycles. The molecule has 0 aliphatic carbocycles. The van der Waals surface area contributed by atoms with Gasteiger partial charge >= 0.3 is 6.03 Å². The zero-order chi connectivity index (χ0) is 16.8. The van der Waals surface area contributed by atoms with Crippen molar-refractivity contribution in [2.75, 3.05) is 14.2 Å². The Morgan fingerprint density at radius 3 is 2.96 bits per heavy atom. The summed E-state index contributed by atoms with van der Waals surface area (Å²) < 4.78 is 6.85. The van der Waals surface area contributed by atoms with Crippen LogP contribution in [0.1, 0.15) is 12.5 Å². The van der Waals surface area contributed by atoms with Crippen LogP contribution in [-0.4, -0.2) is 46.0 Å². The van der Waals surface area contributed by atoms with Crippen molar-refractivity contribution in [3.63, 3.8) is 0 Å². The van der Waals surface area contributed by atoms with Gasteiger partial charge in [-0.15, -0.1) is 0 Å². The Morgan fingerprint density at radius 2 is 2.30 bits per heavy atom. The average Bonchev–Trinajstić information content (AvgIpc) is 3.01. The average molecular weight is 318 g/mol. The third kappa shape index (κ3) is 4.64. The molecule has 2 N–H and O–H groups in total. The predicted molar refractivity (Wildman–Crippen MR) is 86.3 cm³/mol. The van der Waals surface area contributed by atoms with Crippen molar-refractivity contribution in [3.05, 3.63) is 42.2 Å². The van der Waals surface area contributed by atoms with Crippen LogP contribution in [0.25, 0.3) is 0 Å². The molecular formula is C16H22N4O3. The smallest absolute Gasteiger partial charge is 0.317 e. The summed E-state index contributed by atoms with van der Waals surface area (Å²) >= 11 is 0. The number of hydrogen-bond donors (Lipinski definition) is 2. The summed E-state index contributed by atoms with van der Waals surface area (Å²) in [4.78, 5) is 13.8. The number of nitrogens with zero attached hydrogens (tertiary/aromatic N) is 3. The molecule has 1 heterocycles. The van der Waals surface area contributed by atoms with Crippen molar-refractivity contribution in [3.8, 4) is 11.5 Å². The van der Waals surface area contributed by atoms with Crippen molar-refractivity contribution in [1.29, 1.82) is 0 Å². The monoisotopic (exact) mass is 318 g/mol. The van der Waals surface area contributed by atoms with Crippen LogP contribution in [0.3, 0.4) is 0 Å². The molecule has 2 amide bonds. The number of ether oxygens (including phenoxy) is 1. The van der Waals surface area contributed by atoms with E-state index in [1.807, 2.05) is 19.2 Å². The highest BCUT2D eigenvalue weighted by Gasteiger charge is 2.13. The lowest BCUT2D eigenvalue weighted by atomic mass is 10.2. The largest absolute Gasteiger partial charge is 0.504 e. The standard InChI is InChI=1S/C16H22N4O3/c1-12(10-20-8-4-7-17-20)18-16(22)19(2)11-13-5-6-14(21)15(9-13)23-3/h4-9,12,21H,10-11H2,1-3H3,(H,18,22). The van der Waals surface area contributed by atoms with Gasteiger partial charge in [0.05, 0.1) is 13.7 Å². The number of rotatable bonds is 6. The third-order valence-electron chi connectivity index (χ3n) is 3.40. The van der Waals surface area contributed by atoms with Gasteiger partial charge in [0.25, 0.3) is 0 Å². The van der Waals surface area contributed by atoms with Gasteiger partial charge in [-0.2, -0.15) is 5.10 Å². The number of phenolic OH excluding ortho intramolecular Hbond substituents is 1. The quantitative estimate of drug-likeness (QED) is 0.851. The number of methoxy groups -OCH3 is 1. The number of carbonyl (C=O) groups is 1. The van der Waals surface area contributed by atoms with E-state index in [0.717, 1.165) is 5.56 Å². The van der Waals surface area contributed by atoms with Crippen LogP contribution >= 0.6 is 0 Å². The number of nitrogens with one attached hydrogen (secondary N) is 1. The second-order valence-electron chi connectivity index (χ2n) is 5.44. The summed E-state index contributed by atoms with van der Waals surface area (Å²) in [5.41, 5.74) is 0.872. The van der Waals surface area contributed by atoms with Crippen LogP contribution in [0, 0.1) is 0 Å². The normalized spacial score (nSPS) is 11.8. The molecule has 2 rings (SSSR count). The topological polar surface area (TPSA) is 79.6 Å². The highest BCUT2D eigenvalue weighted by atomic mass is 16.5. The number of phenols is 1. The fraction of sp³-hybridized carbons (Fsp3) is 0.375. The minimum Gasteiger partial charge on any atom is -0.504 e. The maximum Gasteiger partial charge on any atom is 0.317 e. The molecule has 7 heteroatoms. The first-order valence-corrected chi connectivity index (χ1v) is 7.34. The van der Waals surface area contributed by atoms with Crippen LogP contribution in [0.4, 0.5) is 4.79 Å². The summed E-state index contributed by atoms with van der Waals surface area (Å²) in [6.07, 6.45) is 3.56. The molecule has 124 valence electrons. The van der Waals surface area contributed by atoms with E-state index in [-0.39, 0.29) is 17.8 Å². The molecule has 23 heavy (non-hydrogen) atoms. The fourth-order valence-electron chi connectivity index (χ4n) is 2.22. The van der Waals surface area contributed by atoms with E-state index < -0.39 is 0 Å². The van der Waals surface area contributed by atoms with Gasteiger partial charge in [-0.25, -0.2) is 4.79 Å². The molecule has 0 saturated carbocycles. The number of aromatic nitrogens is 2. The minimum atomic E-state index is -0.170. The summed E-state index contributed by atoms with van der Waals surface area (Å²) in [5.74, 6) is 0.472. The van der Waals surface area contributed by atoms with Gasteiger partial charge in [-0.1, -0.05) is 6.07 Å². The van der Waals surface area contributed by atoms with Crippen LogP contribution in [0.15, 0.2) is 36.7 Å². The number of amides is 2. The van der Waals surface area contributed by atoms with E-state index in [1.165, 1.54) is 7.11 Å². The molecule has 0 aliphatic rings. The van der Waals surface area contributed by atoms with Gasteiger partial charge in [0.2, 0.25) is 0 Å². The van der Waals surface area contributed by atoms with Gasteiger partial charge in [-0.05, 0) is 30.7 Å². The number of urea groups is 1. The maximum atomic E-state index is 12.2. The van der Waals surface area contributed by atoms with E-state index in [1.54, 1.807) is 41.0 Å². The molecule has 0 fully saturated rings. The minimum absolute atomic E-state index is 0.0424. The number of hydrogen-bond acceptors (Lipinski definition) is 4. The molecule has 7 nitrogen and oxygen atoms in total. The Bertz CT molecular complexity index is 643. The molecule has 1 aromatic heterocycles. The van der Waals surface area contributed by atoms with Gasteiger partial charge in [0.1, 0.15) is 0 Å². The Kier molecular flexibility index (Phi) is 5.46. The van der Waals surface area contributed by atoms with E-state index in [4.69, 9.17) is 4.74 Å². The molecular weight excluding hydrogens is 296 g/mol. The van der Waals surface area contributed by atoms with E-state index in [2.05, 4.69) is 10.4 Å². The maximum absolute atomic E-state index is 12.2. The predicted octanol–water partition coefficient (Wildman–Crippen LogP) is 1.83. The zero-order valence-corrected chi connectivity index (χ0v) is 13.6. The number of aromatic hydroxyl groups is 1. The molecule has 2 aromatic rings. The van der Waals surface area contributed by atoms with Crippen molar-refractivity contribution < 1.29 is 14.6 Å². The van der Waals surface area contributed by atoms with Crippen LogP contribution in [-0.2, 0) is 13.1 Å². The Labute approximate surface area is 135 Å². The third-order valence-corrected chi connectivity index (χ3v) is 3.40. The Balaban J connectivity index is 1.89. The lowest BCUT2D eigenvalue weighted by molar-refractivity contribution is 0.202. The van der Waals surface area contributed by atoms with Gasteiger partial charge in [0.15, 0.2) is 11.5 Å². The lowest BCUT2D eigenvalue weighted by Gasteiger charge is -2.21. The first kappa shape index (κ1) is 16.7.